The Morgan fingerprint density at radius 1 is 1.00 bits per heavy atom. The van der Waals surface area contributed by atoms with Gasteiger partial charge < -0.3 is 5.73 Å². The Morgan fingerprint density at radius 2 is 1.57 bits per heavy atom. The SMILES string of the molecule is CC.CCCCCCC(=O)CCCN. The van der Waals surface area contributed by atoms with Crippen molar-refractivity contribution in [1.82, 2.24) is 0 Å². The van der Waals surface area contributed by atoms with Crippen LogP contribution in [0.15, 0.2) is 0 Å². The number of unbranched alkanes of at least 4 members (excludes halogenated alkanes) is 3. The second-order valence-corrected chi connectivity index (χ2v) is 3.24. The summed E-state index contributed by atoms with van der Waals surface area (Å²) in [6, 6.07) is 0. The normalized spacial score (nSPS) is 9.14. The average Bonchev–Trinajstić information content (AvgIpc) is 2.24. The molecule has 0 saturated carbocycles. The molecule has 0 saturated heterocycles. The Hall–Kier alpha value is -0.370. The van der Waals surface area contributed by atoms with E-state index < -0.39 is 0 Å². The Bertz CT molecular complexity index is 113. The van der Waals surface area contributed by atoms with Crippen LogP contribution in [0.1, 0.15) is 65.7 Å². The minimum absolute atomic E-state index is 0.386. The number of carbonyl (C=O) groups is 1. The molecule has 0 rings (SSSR count). The van der Waals surface area contributed by atoms with Crippen molar-refractivity contribution >= 4 is 5.78 Å². The zero-order valence-electron chi connectivity index (χ0n) is 10.1. The minimum Gasteiger partial charge on any atom is -0.330 e. The molecular weight excluding hydrogens is 174 g/mol. The topological polar surface area (TPSA) is 43.1 Å². The van der Waals surface area contributed by atoms with E-state index in [1.54, 1.807) is 0 Å². The number of carbonyl (C=O) groups excluding carboxylic acids is 1. The van der Waals surface area contributed by atoms with Crippen LogP contribution >= 0.6 is 0 Å². The molecule has 2 nitrogen and oxygen atoms in total. The number of hydrogen-bond acceptors (Lipinski definition) is 2. The number of ketones is 1. The summed E-state index contributed by atoms with van der Waals surface area (Å²) < 4.78 is 0. The summed E-state index contributed by atoms with van der Waals surface area (Å²) in [5.74, 6) is 0.386. The molecule has 0 radical (unpaired) electrons. The Morgan fingerprint density at radius 3 is 2.07 bits per heavy atom. The predicted molar refractivity (Wildman–Crippen MR) is 63.4 cm³/mol. The van der Waals surface area contributed by atoms with E-state index in [1.165, 1.54) is 19.3 Å². The highest BCUT2D eigenvalue weighted by Gasteiger charge is 1.99. The van der Waals surface area contributed by atoms with Crippen molar-refractivity contribution < 1.29 is 4.79 Å². The third-order valence-electron chi connectivity index (χ3n) is 1.97. The Balaban J connectivity index is 0. The minimum atomic E-state index is 0.386. The van der Waals surface area contributed by atoms with Gasteiger partial charge >= 0.3 is 0 Å². The molecule has 2 N–H and O–H groups in total. The van der Waals surface area contributed by atoms with Gasteiger partial charge in [0.25, 0.3) is 0 Å². The van der Waals surface area contributed by atoms with E-state index in [9.17, 15) is 4.79 Å². The van der Waals surface area contributed by atoms with E-state index in [-0.39, 0.29) is 0 Å². The summed E-state index contributed by atoms with van der Waals surface area (Å²) in [6.45, 7) is 6.82. The molecule has 0 amide bonds. The average molecular weight is 201 g/mol. The van der Waals surface area contributed by atoms with Gasteiger partial charge in [-0.05, 0) is 19.4 Å². The van der Waals surface area contributed by atoms with Crippen LogP contribution in [0, 0.1) is 0 Å². The molecule has 0 spiro atoms. The molecule has 0 bridgehead atoms. The molecule has 0 aromatic carbocycles. The number of rotatable bonds is 8. The summed E-state index contributed by atoms with van der Waals surface area (Å²) in [6.07, 6.45) is 7.05. The monoisotopic (exact) mass is 201 g/mol. The van der Waals surface area contributed by atoms with Crippen molar-refractivity contribution in [2.45, 2.75) is 65.7 Å². The maximum atomic E-state index is 11.1. The predicted octanol–water partition coefficient (Wildman–Crippen LogP) is 3.29. The largest absolute Gasteiger partial charge is 0.330 e. The van der Waals surface area contributed by atoms with Gasteiger partial charge in [-0.3, -0.25) is 4.79 Å². The lowest BCUT2D eigenvalue weighted by Gasteiger charge is -1.98. The summed E-state index contributed by atoms with van der Waals surface area (Å²) in [4.78, 5) is 11.1. The number of Topliss-reactive ketones (excluding diaryl/α,β-unsaturated/α-hetero) is 1. The van der Waals surface area contributed by atoms with Gasteiger partial charge in [-0.15, -0.1) is 0 Å². The van der Waals surface area contributed by atoms with Crippen LogP contribution in [0.2, 0.25) is 0 Å². The molecule has 0 aliphatic rings. The van der Waals surface area contributed by atoms with E-state index in [2.05, 4.69) is 6.92 Å². The molecule has 0 aliphatic carbocycles. The van der Waals surface area contributed by atoms with E-state index in [1.807, 2.05) is 13.8 Å². The lowest BCUT2D eigenvalue weighted by Crippen LogP contribution is -2.04. The van der Waals surface area contributed by atoms with E-state index in [4.69, 9.17) is 5.73 Å². The third kappa shape index (κ3) is 14.2. The summed E-state index contributed by atoms with van der Waals surface area (Å²) in [5.41, 5.74) is 5.30. The number of hydrogen-bond donors (Lipinski definition) is 1. The first-order valence-electron chi connectivity index (χ1n) is 6.03. The second kappa shape index (κ2) is 15.1. The van der Waals surface area contributed by atoms with Gasteiger partial charge in [-0.1, -0.05) is 40.0 Å². The highest BCUT2D eigenvalue weighted by atomic mass is 16.1. The molecule has 2 heteroatoms. The van der Waals surface area contributed by atoms with E-state index in [0.29, 0.717) is 18.7 Å². The molecule has 0 fully saturated rings. The molecule has 86 valence electrons. The van der Waals surface area contributed by atoms with E-state index >= 15 is 0 Å². The molecule has 0 aliphatic heterocycles. The van der Waals surface area contributed by atoms with Crippen LogP contribution in [-0.4, -0.2) is 12.3 Å². The van der Waals surface area contributed by atoms with Gasteiger partial charge in [0.05, 0.1) is 0 Å². The summed E-state index contributed by atoms with van der Waals surface area (Å²) >= 11 is 0. The standard InChI is InChI=1S/C10H21NO.C2H6/c1-2-3-4-5-7-10(12)8-6-9-11;1-2/h2-9,11H2,1H3;1-2H3. The first-order chi connectivity index (χ1) is 6.81. The van der Waals surface area contributed by atoms with Crippen LogP contribution in [0.5, 0.6) is 0 Å². The fourth-order valence-corrected chi connectivity index (χ4v) is 1.17. The molecule has 0 atom stereocenters. The highest BCUT2D eigenvalue weighted by molar-refractivity contribution is 5.78. The van der Waals surface area contributed by atoms with Gasteiger partial charge in [-0.2, -0.15) is 0 Å². The van der Waals surface area contributed by atoms with Crippen molar-refractivity contribution in [2.75, 3.05) is 6.54 Å². The van der Waals surface area contributed by atoms with Crippen LogP contribution in [0.4, 0.5) is 0 Å². The van der Waals surface area contributed by atoms with Crippen molar-refractivity contribution in [2.24, 2.45) is 5.73 Å². The second-order valence-electron chi connectivity index (χ2n) is 3.24. The molecule has 14 heavy (non-hydrogen) atoms. The fourth-order valence-electron chi connectivity index (χ4n) is 1.17. The van der Waals surface area contributed by atoms with Crippen molar-refractivity contribution in [3.05, 3.63) is 0 Å². The van der Waals surface area contributed by atoms with Crippen LogP contribution in [-0.2, 0) is 4.79 Å². The van der Waals surface area contributed by atoms with Gasteiger partial charge in [-0.25, -0.2) is 0 Å². The van der Waals surface area contributed by atoms with Gasteiger partial charge in [0.2, 0.25) is 0 Å². The third-order valence-corrected chi connectivity index (χ3v) is 1.97. The lowest BCUT2D eigenvalue weighted by atomic mass is 10.1. The van der Waals surface area contributed by atoms with Gasteiger partial charge in [0.15, 0.2) is 0 Å². The number of nitrogens with two attached hydrogens (primary N) is 1. The van der Waals surface area contributed by atoms with Gasteiger partial charge in [0, 0.05) is 12.8 Å². The molecule has 0 aromatic heterocycles. The highest BCUT2D eigenvalue weighted by Crippen LogP contribution is 2.04. The first kappa shape index (κ1) is 16.1. The smallest absolute Gasteiger partial charge is 0.132 e. The van der Waals surface area contributed by atoms with Crippen molar-refractivity contribution in [3.63, 3.8) is 0 Å². The van der Waals surface area contributed by atoms with Crippen molar-refractivity contribution in [1.29, 1.82) is 0 Å². The molecule has 0 aromatic rings. The fraction of sp³-hybridized carbons (Fsp3) is 0.917. The van der Waals surface area contributed by atoms with Crippen LogP contribution < -0.4 is 5.73 Å². The summed E-state index contributed by atoms with van der Waals surface area (Å²) in [5, 5.41) is 0. The maximum Gasteiger partial charge on any atom is 0.132 e. The molecular formula is C12H27NO. The summed E-state index contributed by atoms with van der Waals surface area (Å²) in [7, 11) is 0. The zero-order valence-corrected chi connectivity index (χ0v) is 10.1. The molecule has 0 heterocycles. The molecule has 0 unspecified atom stereocenters. The Labute approximate surface area is 89.3 Å². The Kier molecular flexibility index (Phi) is 17.4. The van der Waals surface area contributed by atoms with Gasteiger partial charge in [0.1, 0.15) is 5.78 Å². The quantitative estimate of drug-likeness (QED) is 0.612. The zero-order chi connectivity index (χ0) is 11.2. The first-order valence-corrected chi connectivity index (χ1v) is 6.03. The van der Waals surface area contributed by atoms with Crippen LogP contribution in [0.25, 0.3) is 0 Å². The van der Waals surface area contributed by atoms with Crippen LogP contribution in [0.3, 0.4) is 0 Å². The maximum absolute atomic E-state index is 11.1. The lowest BCUT2D eigenvalue weighted by molar-refractivity contribution is -0.119. The van der Waals surface area contributed by atoms with E-state index in [0.717, 1.165) is 19.3 Å². The van der Waals surface area contributed by atoms with Crippen molar-refractivity contribution in [3.8, 4) is 0 Å².